The van der Waals surface area contributed by atoms with Gasteiger partial charge in [-0.15, -0.1) is 0 Å². The third-order valence-corrected chi connectivity index (χ3v) is 4.16. The zero-order chi connectivity index (χ0) is 18.4. The van der Waals surface area contributed by atoms with Crippen molar-refractivity contribution >= 4 is 11.6 Å². The zero-order valence-corrected chi connectivity index (χ0v) is 15.4. The fourth-order valence-corrected chi connectivity index (χ4v) is 2.56. The SMILES string of the molecule is CC(C)CCOC(C)(C)C(=O)c1ccccc1C(=O)c1ccccc1. The van der Waals surface area contributed by atoms with E-state index in [1.54, 1.807) is 50.2 Å². The van der Waals surface area contributed by atoms with Gasteiger partial charge in [-0.05, 0) is 26.2 Å². The Morgan fingerprint density at radius 3 is 2.08 bits per heavy atom. The monoisotopic (exact) mass is 338 g/mol. The highest BCUT2D eigenvalue weighted by Crippen LogP contribution is 2.23. The van der Waals surface area contributed by atoms with Gasteiger partial charge in [-0.1, -0.05) is 68.4 Å². The molecule has 0 aromatic heterocycles. The molecule has 0 atom stereocenters. The molecule has 0 aliphatic carbocycles. The molecule has 0 N–H and O–H groups in total. The maximum absolute atomic E-state index is 13.0. The van der Waals surface area contributed by atoms with E-state index in [1.165, 1.54) is 0 Å². The molecule has 0 aliphatic heterocycles. The van der Waals surface area contributed by atoms with Crippen LogP contribution in [-0.4, -0.2) is 23.8 Å². The van der Waals surface area contributed by atoms with Crippen molar-refractivity contribution in [3.63, 3.8) is 0 Å². The molecule has 0 bridgehead atoms. The second kappa shape index (κ2) is 8.21. The Labute approximate surface area is 150 Å². The van der Waals surface area contributed by atoms with Crippen molar-refractivity contribution in [1.82, 2.24) is 0 Å². The predicted molar refractivity (Wildman–Crippen MR) is 100 cm³/mol. The van der Waals surface area contributed by atoms with E-state index in [4.69, 9.17) is 4.74 Å². The van der Waals surface area contributed by atoms with Gasteiger partial charge in [0.2, 0.25) is 0 Å². The van der Waals surface area contributed by atoms with Gasteiger partial charge in [-0.25, -0.2) is 0 Å². The van der Waals surface area contributed by atoms with E-state index >= 15 is 0 Å². The van der Waals surface area contributed by atoms with Gasteiger partial charge in [-0.3, -0.25) is 9.59 Å². The van der Waals surface area contributed by atoms with E-state index < -0.39 is 5.60 Å². The largest absolute Gasteiger partial charge is 0.367 e. The molecule has 3 heteroatoms. The molecular formula is C22H26O3. The fraction of sp³-hybridized carbons (Fsp3) is 0.364. The van der Waals surface area contributed by atoms with E-state index in [1.807, 2.05) is 18.2 Å². The predicted octanol–water partition coefficient (Wildman–Crippen LogP) is 4.94. The van der Waals surface area contributed by atoms with Crippen molar-refractivity contribution in [3.8, 4) is 0 Å². The first kappa shape index (κ1) is 19.1. The average Bonchev–Trinajstić information content (AvgIpc) is 2.60. The van der Waals surface area contributed by atoms with Crippen molar-refractivity contribution in [2.45, 2.75) is 39.7 Å². The maximum atomic E-state index is 13.0. The lowest BCUT2D eigenvalue weighted by Crippen LogP contribution is -2.36. The van der Waals surface area contributed by atoms with E-state index in [0.717, 1.165) is 6.42 Å². The van der Waals surface area contributed by atoms with Crippen molar-refractivity contribution in [2.24, 2.45) is 5.92 Å². The summed E-state index contributed by atoms with van der Waals surface area (Å²) in [6.45, 7) is 8.28. The van der Waals surface area contributed by atoms with Gasteiger partial charge >= 0.3 is 0 Å². The molecule has 3 nitrogen and oxygen atoms in total. The first-order valence-corrected chi connectivity index (χ1v) is 8.70. The number of carbonyl (C=O) groups excluding carboxylic acids is 2. The molecule has 0 aliphatic rings. The first-order valence-electron chi connectivity index (χ1n) is 8.70. The smallest absolute Gasteiger partial charge is 0.194 e. The summed E-state index contributed by atoms with van der Waals surface area (Å²) >= 11 is 0. The molecule has 2 rings (SSSR count). The normalized spacial score (nSPS) is 11.6. The summed E-state index contributed by atoms with van der Waals surface area (Å²) in [5, 5.41) is 0. The summed E-state index contributed by atoms with van der Waals surface area (Å²) in [5.74, 6) is 0.191. The molecule has 0 amide bonds. The molecule has 25 heavy (non-hydrogen) atoms. The van der Waals surface area contributed by atoms with Crippen LogP contribution in [0.5, 0.6) is 0 Å². The molecule has 0 radical (unpaired) electrons. The Hall–Kier alpha value is -2.26. The highest BCUT2D eigenvalue weighted by molar-refractivity contribution is 6.17. The van der Waals surface area contributed by atoms with Gasteiger partial charge in [-0.2, -0.15) is 0 Å². The quantitative estimate of drug-likeness (QED) is 0.640. The number of hydrogen-bond acceptors (Lipinski definition) is 3. The second-order valence-corrected chi connectivity index (χ2v) is 7.11. The van der Waals surface area contributed by atoms with E-state index in [-0.39, 0.29) is 11.6 Å². The minimum atomic E-state index is -0.970. The maximum Gasteiger partial charge on any atom is 0.194 e. The van der Waals surface area contributed by atoms with Crippen LogP contribution in [-0.2, 0) is 4.74 Å². The van der Waals surface area contributed by atoms with Gasteiger partial charge in [0.1, 0.15) is 5.60 Å². The van der Waals surface area contributed by atoms with Crippen LogP contribution in [0.15, 0.2) is 54.6 Å². The molecule has 2 aromatic rings. The van der Waals surface area contributed by atoms with Gasteiger partial charge < -0.3 is 4.74 Å². The minimum Gasteiger partial charge on any atom is -0.367 e. The van der Waals surface area contributed by atoms with Crippen molar-refractivity contribution < 1.29 is 14.3 Å². The first-order chi connectivity index (χ1) is 11.8. The zero-order valence-electron chi connectivity index (χ0n) is 15.4. The second-order valence-electron chi connectivity index (χ2n) is 7.11. The molecule has 0 unspecified atom stereocenters. The lowest BCUT2D eigenvalue weighted by Gasteiger charge is -2.25. The molecule has 0 heterocycles. The average molecular weight is 338 g/mol. The number of hydrogen-bond donors (Lipinski definition) is 0. The molecule has 2 aromatic carbocycles. The van der Waals surface area contributed by atoms with Crippen molar-refractivity contribution in [2.75, 3.05) is 6.61 Å². The Morgan fingerprint density at radius 2 is 1.48 bits per heavy atom. The van der Waals surface area contributed by atoms with Crippen LogP contribution < -0.4 is 0 Å². The number of ether oxygens (including phenoxy) is 1. The van der Waals surface area contributed by atoms with Crippen LogP contribution in [0.3, 0.4) is 0 Å². The van der Waals surface area contributed by atoms with Crippen LogP contribution in [0.1, 0.15) is 60.4 Å². The van der Waals surface area contributed by atoms with Gasteiger partial charge in [0.25, 0.3) is 0 Å². The number of carbonyl (C=O) groups is 2. The summed E-state index contributed by atoms with van der Waals surface area (Å²) in [6, 6.07) is 16.0. The number of ketones is 2. The molecule has 0 saturated heterocycles. The summed E-state index contributed by atoms with van der Waals surface area (Å²) in [4.78, 5) is 25.8. The topological polar surface area (TPSA) is 43.4 Å². The van der Waals surface area contributed by atoms with Crippen LogP contribution in [0.4, 0.5) is 0 Å². The summed E-state index contributed by atoms with van der Waals surface area (Å²) in [6.07, 6.45) is 0.890. The lowest BCUT2D eigenvalue weighted by atomic mass is 9.89. The fourth-order valence-electron chi connectivity index (χ4n) is 2.56. The van der Waals surface area contributed by atoms with Gasteiger partial charge in [0.15, 0.2) is 11.6 Å². The lowest BCUT2D eigenvalue weighted by molar-refractivity contribution is -0.00818. The number of Topliss-reactive ketones (excluding diaryl/α,β-unsaturated/α-hetero) is 1. The highest BCUT2D eigenvalue weighted by atomic mass is 16.5. The molecular weight excluding hydrogens is 312 g/mol. The Bertz CT molecular complexity index is 730. The third-order valence-electron chi connectivity index (χ3n) is 4.16. The third kappa shape index (κ3) is 4.86. The molecule has 132 valence electrons. The van der Waals surface area contributed by atoms with Crippen molar-refractivity contribution in [3.05, 3.63) is 71.3 Å². The van der Waals surface area contributed by atoms with Gasteiger partial charge in [0.05, 0.1) is 0 Å². The molecule has 0 saturated carbocycles. The van der Waals surface area contributed by atoms with Gasteiger partial charge in [0, 0.05) is 23.3 Å². The standard InChI is InChI=1S/C22H26O3/c1-16(2)14-15-25-22(3,4)21(24)19-13-9-8-12-18(19)20(23)17-10-6-5-7-11-17/h5-13,16H,14-15H2,1-4H3. The summed E-state index contributed by atoms with van der Waals surface area (Å²) < 4.78 is 5.84. The van der Waals surface area contributed by atoms with E-state index in [0.29, 0.717) is 29.2 Å². The van der Waals surface area contributed by atoms with Crippen LogP contribution in [0.2, 0.25) is 0 Å². The van der Waals surface area contributed by atoms with Crippen LogP contribution in [0.25, 0.3) is 0 Å². The molecule has 0 spiro atoms. The van der Waals surface area contributed by atoms with Crippen molar-refractivity contribution in [1.29, 1.82) is 0 Å². The van der Waals surface area contributed by atoms with E-state index in [9.17, 15) is 9.59 Å². The van der Waals surface area contributed by atoms with Crippen LogP contribution in [0, 0.1) is 5.92 Å². The number of benzene rings is 2. The van der Waals surface area contributed by atoms with Crippen LogP contribution >= 0.6 is 0 Å². The Balaban J connectivity index is 2.27. The summed E-state index contributed by atoms with van der Waals surface area (Å²) in [5.41, 5.74) is 0.425. The highest BCUT2D eigenvalue weighted by Gasteiger charge is 2.32. The van der Waals surface area contributed by atoms with E-state index in [2.05, 4.69) is 13.8 Å². The number of rotatable bonds is 8. The molecule has 0 fully saturated rings. The Morgan fingerprint density at radius 1 is 0.920 bits per heavy atom. The minimum absolute atomic E-state index is 0.150. The Kier molecular flexibility index (Phi) is 6.27. The summed E-state index contributed by atoms with van der Waals surface area (Å²) in [7, 11) is 0.